The highest BCUT2D eigenvalue weighted by Crippen LogP contribution is 2.32. The Hall–Kier alpha value is -1.43. The average Bonchev–Trinajstić information content (AvgIpc) is 2.85. The van der Waals surface area contributed by atoms with Crippen molar-refractivity contribution in [1.29, 1.82) is 0 Å². The number of hydrogen-bond acceptors (Lipinski definition) is 4. The predicted molar refractivity (Wildman–Crippen MR) is 82.3 cm³/mol. The normalized spacial score (nSPS) is 14.0. The maximum atomic E-state index is 12.3. The Labute approximate surface area is 135 Å². The van der Waals surface area contributed by atoms with E-state index in [0.717, 1.165) is 15.6 Å². The van der Waals surface area contributed by atoms with Crippen molar-refractivity contribution in [1.82, 2.24) is 9.88 Å². The van der Waals surface area contributed by atoms with E-state index in [4.69, 9.17) is 23.2 Å². The van der Waals surface area contributed by atoms with Gasteiger partial charge in [0.2, 0.25) is 0 Å². The van der Waals surface area contributed by atoms with E-state index >= 15 is 0 Å². The van der Waals surface area contributed by atoms with Crippen LogP contribution in [0.2, 0.25) is 10.0 Å². The van der Waals surface area contributed by atoms with Crippen molar-refractivity contribution in [3.05, 3.63) is 48.9 Å². The van der Waals surface area contributed by atoms with Gasteiger partial charge in [0.1, 0.15) is 5.01 Å². The number of nitrogens with zero attached hydrogens (tertiary/aromatic N) is 2. The van der Waals surface area contributed by atoms with Crippen molar-refractivity contribution in [3.8, 4) is 0 Å². The summed E-state index contributed by atoms with van der Waals surface area (Å²) in [6, 6.07) is 2.88. The van der Waals surface area contributed by atoms with Crippen LogP contribution in [-0.4, -0.2) is 21.7 Å². The molecule has 0 unspecified atom stereocenters. The van der Waals surface area contributed by atoms with E-state index in [9.17, 15) is 9.59 Å². The fraction of sp³-hybridized carbons (Fsp3) is 0.214. The molecule has 108 valence electrons. The number of carbonyl (C=O) groups excluding carboxylic acids is 2. The molecular formula is C14H10Cl2N2O2S. The molecule has 4 nitrogen and oxygen atoms in total. The van der Waals surface area contributed by atoms with Crippen molar-refractivity contribution < 1.29 is 9.59 Å². The maximum Gasteiger partial charge on any atom is 0.261 e. The first kappa shape index (κ1) is 14.5. The molecular weight excluding hydrogens is 331 g/mol. The highest BCUT2D eigenvalue weighted by atomic mass is 35.5. The van der Waals surface area contributed by atoms with E-state index < -0.39 is 0 Å². The zero-order valence-corrected chi connectivity index (χ0v) is 13.6. The summed E-state index contributed by atoms with van der Waals surface area (Å²) in [5, 5.41) is 1.26. The summed E-state index contributed by atoms with van der Waals surface area (Å²) < 4.78 is 0. The van der Waals surface area contributed by atoms with Gasteiger partial charge < -0.3 is 0 Å². The van der Waals surface area contributed by atoms with E-state index in [1.807, 2.05) is 13.8 Å². The SMILES string of the molecule is Cc1nc(CN2C(=O)c3cc(Cl)c(Cl)cc3C2=O)sc1C. The van der Waals surface area contributed by atoms with Crippen LogP contribution in [-0.2, 0) is 6.54 Å². The fourth-order valence-electron chi connectivity index (χ4n) is 2.17. The van der Waals surface area contributed by atoms with E-state index in [1.54, 1.807) is 0 Å². The van der Waals surface area contributed by atoms with Gasteiger partial charge in [-0.25, -0.2) is 4.98 Å². The molecule has 0 bridgehead atoms. The van der Waals surface area contributed by atoms with Crippen LogP contribution in [0.5, 0.6) is 0 Å². The van der Waals surface area contributed by atoms with Gasteiger partial charge in [0.25, 0.3) is 11.8 Å². The van der Waals surface area contributed by atoms with E-state index in [-0.39, 0.29) is 28.4 Å². The van der Waals surface area contributed by atoms with Gasteiger partial charge in [0.15, 0.2) is 0 Å². The van der Waals surface area contributed by atoms with Crippen LogP contribution in [0.1, 0.15) is 36.3 Å². The summed E-state index contributed by atoms with van der Waals surface area (Å²) in [5.74, 6) is -0.724. The van der Waals surface area contributed by atoms with Crippen molar-refractivity contribution in [3.63, 3.8) is 0 Å². The van der Waals surface area contributed by atoms with Gasteiger partial charge in [-0.15, -0.1) is 11.3 Å². The first-order valence-corrected chi connectivity index (χ1v) is 7.74. The largest absolute Gasteiger partial charge is 0.269 e. The van der Waals surface area contributed by atoms with E-state index in [1.165, 1.54) is 28.4 Å². The molecule has 1 aromatic heterocycles. The number of aromatic nitrogens is 1. The zero-order valence-electron chi connectivity index (χ0n) is 11.2. The molecule has 0 radical (unpaired) electrons. The number of fused-ring (bicyclic) bond motifs is 1. The Kier molecular flexibility index (Phi) is 3.51. The molecule has 2 amide bonds. The van der Waals surface area contributed by atoms with Gasteiger partial charge in [-0.05, 0) is 26.0 Å². The van der Waals surface area contributed by atoms with Crippen molar-refractivity contribution >= 4 is 46.4 Å². The molecule has 0 fully saturated rings. The van der Waals surface area contributed by atoms with E-state index in [0.29, 0.717) is 11.1 Å². The molecule has 2 heterocycles. The van der Waals surface area contributed by atoms with Crippen LogP contribution in [0.3, 0.4) is 0 Å². The zero-order chi connectivity index (χ0) is 15.3. The van der Waals surface area contributed by atoms with Gasteiger partial charge in [-0.1, -0.05) is 23.2 Å². The minimum Gasteiger partial charge on any atom is -0.269 e. The number of rotatable bonds is 2. The maximum absolute atomic E-state index is 12.3. The molecule has 0 atom stereocenters. The van der Waals surface area contributed by atoms with Crippen LogP contribution >= 0.6 is 34.5 Å². The highest BCUT2D eigenvalue weighted by molar-refractivity contribution is 7.11. The number of thiazole rings is 1. The number of hydrogen-bond donors (Lipinski definition) is 0. The lowest BCUT2D eigenvalue weighted by atomic mass is 10.1. The Morgan fingerprint density at radius 1 is 1.10 bits per heavy atom. The first-order chi connectivity index (χ1) is 9.88. The number of amides is 2. The quantitative estimate of drug-likeness (QED) is 0.780. The Balaban J connectivity index is 1.96. The number of aryl methyl sites for hydroxylation is 2. The lowest BCUT2D eigenvalue weighted by Gasteiger charge is -2.11. The summed E-state index contributed by atoms with van der Waals surface area (Å²) in [5.41, 5.74) is 1.50. The smallest absolute Gasteiger partial charge is 0.261 e. The molecule has 7 heteroatoms. The van der Waals surface area contributed by atoms with Crippen LogP contribution < -0.4 is 0 Å². The summed E-state index contributed by atoms with van der Waals surface area (Å²) in [6.07, 6.45) is 0. The van der Waals surface area contributed by atoms with Gasteiger partial charge in [-0.3, -0.25) is 14.5 Å². The minimum atomic E-state index is -0.362. The van der Waals surface area contributed by atoms with Gasteiger partial charge in [0, 0.05) is 4.88 Å². The lowest BCUT2D eigenvalue weighted by Crippen LogP contribution is -2.29. The molecule has 3 rings (SSSR count). The molecule has 1 aliphatic rings. The van der Waals surface area contributed by atoms with Crippen molar-refractivity contribution in [2.45, 2.75) is 20.4 Å². The minimum absolute atomic E-state index is 0.168. The van der Waals surface area contributed by atoms with Crippen LogP contribution in [0.15, 0.2) is 12.1 Å². The monoisotopic (exact) mass is 340 g/mol. The molecule has 0 spiro atoms. The molecule has 0 saturated carbocycles. The number of halogens is 2. The second kappa shape index (κ2) is 5.09. The van der Waals surface area contributed by atoms with Crippen molar-refractivity contribution in [2.75, 3.05) is 0 Å². The van der Waals surface area contributed by atoms with Crippen LogP contribution in [0.4, 0.5) is 0 Å². The number of benzene rings is 1. The molecule has 1 aromatic carbocycles. The Morgan fingerprint density at radius 2 is 1.62 bits per heavy atom. The van der Waals surface area contributed by atoms with Crippen molar-refractivity contribution in [2.24, 2.45) is 0 Å². The Morgan fingerprint density at radius 3 is 2.05 bits per heavy atom. The molecule has 2 aromatic rings. The van der Waals surface area contributed by atoms with Gasteiger partial charge in [0.05, 0.1) is 33.4 Å². The molecule has 1 aliphatic heterocycles. The predicted octanol–water partition coefficient (Wildman–Crippen LogP) is 3.86. The molecule has 0 aliphatic carbocycles. The third kappa shape index (κ3) is 2.35. The average molecular weight is 341 g/mol. The van der Waals surface area contributed by atoms with Crippen LogP contribution in [0, 0.1) is 13.8 Å². The Bertz CT molecular complexity index is 725. The summed E-state index contributed by atoms with van der Waals surface area (Å²) in [7, 11) is 0. The summed E-state index contributed by atoms with van der Waals surface area (Å²) in [6.45, 7) is 4.02. The first-order valence-electron chi connectivity index (χ1n) is 6.16. The van der Waals surface area contributed by atoms with Crippen LogP contribution in [0.25, 0.3) is 0 Å². The molecule has 0 N–H and O–H groups in total. The molecule has 0 saturated heterocycles. The standard InChI is InChI=1S/C14H10Cl2N2O2S/c1-6-7(2)21-12(17-6)5-18-13(19)8-3-10(15)11(16)4-9(8)14(18)20/h3-4H,5H2,1-2H3. The van der Waals surface area contributed by atoms with Gasteiger partial charge in [-0.2, -0.15) is 0 Å². The summed E-state index contributed by atoms with van der Waals surface area (Å²) >= 11 is 13.3. The highest BCUT2D eigenvalue weighted by Gasteiger charge is 2.36. The summed E-state index contributed by atoms with van der Waals surface area (Å²) in [4.78, 5) is 31.3. The number of imide groups is 1. The third-order valence-electron chi connectivity index (χ3n) is 3.38. The third-order valence-corrected chi connectivity index (χ3v) is 5.16. The number of carbonyl (C=O) groups is 2. The second-order valence-corrected chi connectivity index (χ2v) is 6.86. The molecule has 21 heavy (non-hydrogen) atoms. The second-order valence-electron chi connectivity index (χ2n) is 4.76. The van der Waals surface area contributed by atoms with E-state index in [2.05, 4.69) is 4.98 Å². The fourth-order valence-corrected chi connectivity index (χ4v) is 3.42. The topological polar surface area (TPSA) is 50.3 Å². The van der Waals surface area contributed by atoms with Gasteiger partial charge >= 0.3 is 0 Å². The lowest BCUT2D eigenvalue weighted by molar-refractivity contribution is 0.0642.